The third kappa shape index (κ3) is 3.52. The third-order valence-electron chi connectivity index (χ3n) is 6.14. The van der Waals surface area contributed by atoms with Crippen LogP contribution >= 0.6 is 0 Å². The molecule has 160 valence electrons. The minimum Gasteiger partial charge on any atom is -0.321 e. The lowest BCUT2D eigenvalue weighted by molar-refractivity contribution is 0.323. The Morgan fingerprint density at radius 2 is 1.94 bits per heavy atom. The van der Waals surface area contributed by atoms with Crippen LogP contribution in [0.5, 0.6) is 0 Å². The molecule has 0 aliphatic heterocycles. The Bertz CT molecular complexity index is 1290. The van der Waals surface area contributed by atoms with Crippen LogP contribution in [0.4, 0.5) is 0 Å². The molecule has 2 aliphatic rings. The van der Waals surface area contributed by atoms with Crippen LogP contribution in [0.25, 0.3) is 22.3 Å². The molecule has 2 saturated carbocycles. The zero-order valence-corrected chi connectivity index (χ0v) is 18.5. The maximum Gasteiger partial charge on any atom is 0.258 e. The summed E-state index contributed by atoms with van der Waals surface area (Å²) in [5, 5.41) is 10.9. The molecule has 0 amide bonds. The molecule has 31 heavy (non-hydrogen) atoms. The van der Waals surface area contributed by atoms with Gasteiger partial charge in [-0.2, -0.15) is 5.26 Å². The first kappa shape index (κ1) is 20.2. The van der Waals surface area contributed by atoms with Gasteiger partial charge >= 0.3 is 0 Å². The van der Waals surface area contributed by atoms with Gasteiger partial charge in [-0.25, -0.2) is 23.1 Å². The Morgan fingerprint density at radius 1 is 1.16 bits per heavy atom. The molecular weight excluding hydrogens is 410 g/mol. The molecule has 0 radical (unpaired) electrons. The van der Waals surface area contributed by atoms with Crippen molar-refractivity contribution in [2.75, 3.05) is 0 Å². The van der Waals surface area contributed by atoms with Crippen molar-refractivity contribution in [1.29, 1.82) is 5.26 Å². The number of sulfonamides is 1. The summed E-state index contributed by atoms with van der Waals surface area (Å²) in [6, 6.07) is 7.85. The van der Waals surface area contributed by atoms with Gasteiger partial charge in [0.1, 0.15) is 11.7 Å². The predicted molar refractivity (Wildman–Crippen MR) is 118 cm³/mol. The van der Waals surface area contributed by atoms with E-state index in [-0.39, 0.29) is 11.1 Å². The van der Waals surface area contributed by atoms with E-state index >= 15 is 0 Å². The maximum atomic E-state index is 12.5. The van der Waals surface area contributed by atoms with Gasteiger partial charge in [0.15, 0.2) is 5.03 Å². The lowest BCUT2D eigenvalue weighted by Gasteiger charge is -2.29. The van der Waals surface area contributed by atoms with Crippen LogP contribution in [0.1, 0.15) is 69.0 Å². The van der Waals surface area contributed by atoms with Gasteiger partial charge in [-0.15, -0.1) is 0 Å². The van der Waals surface area contributed by atoms with Crippen LogP contribution in [-0.2, 0) is 10.0 Å². The van der Waals surface area contributed by atoms with Gasteiger partial charge in [0, 0.05) is 35.4 Å². The Balaban J connectivity index is 1.66. The highest BCUT2D eigenvalue weighted by Crippen LogP contribution is 2.44. The number of nitrogens with zero attached hydrogens (tertiary/aromatic N) is 4. The molecule has 0 atom stereocenters. The first-order chi connectivity index (χ1) is 14.9. The van der Waals surface area contributed by atoms with E-state index in [0.717, 1.165) is 41.6 Å². The summed E-state index contributed by atoms with van der Waals surface area (Å²) >= 11 is 0. The highest BCUT2D eigenvalue weighted by atomic mass is 32.2. The Kier molecular flexibility index (Phi) is 4.83. The van der Waals surface area contributed by atoms with Crippen molar-refractivity contribution in [1.82, 2.24) is 19.3 Å². The number of fused-ring (bicyclic) bond motifs is 1. The lowest BCUT2D eigenvalue weighted by atomic mass is 9.92. The fourth-order valence-electron chi connectivity index (χ4n) is 4.29. The van der Waals surface area contributed by atoms with Crippen LogP contribution in [0.3, 0.4) is 0 Å². The van der Waals surface area contributed by atoms with Crippen molar-refractivity contribution in [3.05, 3.63) is 41.7 Å². The van der Waals surface area contributed by atoms with Gasteiger partial charge in [0.05, 0.1) is 11.3 Å². The molecule has 3 heterocycles. The monoisotopic (exact) mass is 435 g/mol. The van der Waals surface area contributed by atoms with Gasteiger partial charge in [-0.3, -0.25) is 0 Å². The highest BCUT2D eigenvalue weighted by molar-refractivity contribution is 7.89. The van der Waals surface area contributed by atoms with E-state index in [1.165, 1.54) is 24.5 Å². The fraction of sp³-hybridized carbons (Fsp3) is 0.435. The van der Waals surface area contributed by atoms with E-state index in [0.29, 0.717) is 17.5 Å². The smallest absolute Gasteiger partial charge is 0.258 e. The fourth-order valence-corrected chi connectivity index (χ4v) is 5.47. The molecule has 0 unspecified atom stereocenters. The average Bonchev–Trinajstić information content (AvgIpc) is 3.49. The SMILES string of the molecule is CC(C)NS(=O)(=O)c1ccc(-c2c(C#N)c3cc(C4CC4)cnc3n2C2CCC2)cn1. The molecule has 5 rings (SSSR count). The van der Waals surface area contributed by atoms with Crippen LogP contribution in [0.2, 0.25) is 0 Å². The standard InChI is InChI=1S/C23H25N5O2S/c1-14(2)27-31(29,30)21-9-8-16(12-25-21)22-20(11-24)19-10-17(15-6-7-15)13-26-23(19)28(22)18-4-3-5-18/h8-10,12-15,18,27H,3-7H2,1-2H3. The molecule has 1 N–H and O–H groups in total. The molecule has 0 bridgehead atoms. The van der Waals surface area contributed by atoms with Crippen LogP contribution in [0.15, 0.2) is 35.6 Å². The predicted octanol–water partition coefficient (Wildman–Crippen LogP) is 4.26. The minimum atomic E-state index is -3.67. The number of hydrogen-bond acceptors (Lipinski definition) is 5. The van der Waals surface area contributed by atoms with E-state index in [2.05, 4.69) is 26.4 Å². The molecule has 0 aromatic carbocycles. The maximum absolute atomic E-state index is 12.5. The molecule has 2 aliphatic carbocycles. The van der Waals surface area contributed by atoms with Crippen molar-refractivity contribution in [3.63, 3.8) is 0 Å². The number of nitrogens with one attached hydrogen (secondary N) is 1. The van der Waals surface area contributed by atoms with Crippen molar-refractivity contribution in [3.8, 4) is 17.3 Å². The first-order valence-corrected chi connectivity index (χ1v) is 12.3. The van der Waals surface area contributed by atoms with E-state index in [4.69, 9.17) is 4.98 Å². The Morgan fingerprint density at radius 3 is 2.48 bits per heavy atom. The number of rotatable bonds is 6. The van der Waals surface area contributed by atoms with Gasteiger partial charge in [0.2, 0.25) is 0 Å². The summed E-state index contributed by atoms with van der Waals surface area (Å²) in [5.41, 5.74) is 4.14. The van der Waals surface area contributed by atoms with E-state index in [1.807, 2.05) is 6.20 Å². The summed E-state index contributed by atoms with van der Waals surface area (Å²) < 4.78 is 29.6. The molecule has 7 nitrogen and oxygen atoms in total. The number of hydrogen-bond donors (Lipinski definition) is 1. The molecule has 8 heteroatoms. The Labute approximate surface area is 182 Å². The van der Waals surface area contributed by atoms with Crippen LogP contribution in [0, 0.1) is 11.3 Å². The van der Waals surface area contributed by atoms with Crippen molar-refractivity contribution in [2.24, 2.45) is 0 Å². The summed E-state index contributed by atoms with van der Waals surface area (Å²) in [5.74, 6) is 0.554. The Hall–Kier alpha value is -2.76. The molecule has 3 aromatic rings. The summed E-state index contributed by atoms with van der Waals surface area (Å²) in [4.78, 5) is 9.01. The second-order valence-electron chi connectivity index (χ2n) is 8.87. The lowest BCUT2D eigenvalue weighted by Crippen LogP contribution is -2.30. The van der Waals surface area contributed by atoms with Crippen LogP contribution in [-0.4, -0.2) is 29.0 Å². The van der Waals surface area contributed by atoms with Gasteiger partial charge in [0.25, 0.3) is 10.0 Å². The average molecular weight is 436 g/mol. The summed E-state index contributed by atoms with van der Waals surface area (Å²) in [6.07, 6.45) is 9.11. The van der Waals surface area contributed by atoms with Crippen LogP contribution < -0.4 is 4.72 Å². The van der Waals surface area contributed by atoms with Crippen molar-refractivity contribution < 1.29 is 8.42 Å². The zero-order chi connectivity index (χ0) is 21.8. The molecule has 3 aromatic heterocycles. The quantitative estimate of drug-likeness (QED) is 0.623. The number of pyridine rings is 2. The summed E-state index contributed by atoms with van der Waals surface area (Å²) in [7, 11) is -3.67. The van der Waals surface area contributed by atoms with E-state index < -0.39 is 10.0 Å². The third-order valence-corrected chi connectivity index (χ3v) is 7.71. The second-order valence-corrected chi connectivity index (χ2v) is 10.5. The largest absolute Gasteiger partial charge is 0.321 e. The molecule has 0 spiro atoms. The molecular formula is C23H25N5O2S. The zero-order valence-electron chi connectivity index (χ0n) is 17.7. The molecule has 0 saturated heterocycles. The second kappa shape index (κ2) is 7.43. The van der Waals surface area contributed by atoms with Gasteiger partial charge in [-0.05, 0) is 75.6 Å². The summed E-state index contributed by atoms with van der Waals surface area (Å²) in [6.45, 7) is 3.54. The normalized spacial score (nSPS) is 17.1. The van der Waals surface area contributed by atoms with Crippen molar-refractivity contribution >= 4 is 21.1 Å². The van der Waals surface area contributed by atoms with Crippen molar-refractivity contribution in [2.45, 2.75) is 69.0 Å². The van der Waals surface area contributed by atoms with Gasteiger partial charge < -0.3 is 4.57 Å². The topological polar surface area (TPSA) is 101 Å². The minimum absolute atomic E-state index is 0.0242. The number of aromatic nitrogens is 3. The highest BCUT2D eigenvalue weighted by Gasteiger charge is 2.31. The van der Waals surface area contributed by atoms with E-state index in [9.17, 15) is 13.7 Å². The molecule has 2 fully saturated rings. The number of nitriles is 1. The van der Waals surface area contributed by atoms with E-state index in [1.54, 1.807) is 26.1 Å². The first-order valence-electron chi connectivity index (χ1n) is 10.8. The van der Waals surface area contributed by atoms with Gasteiger partial charge in [-0.1, -0.05) is 0 Å².